The lowest BCUT2D eigenvalue weighted by Crippen LogP contribution is -2.12. The average Bonchev–Trinajstić information content (AvgIpc) is 3.09. The first-order valence-electron chi connectivity index (χ1n) is 7.61. The summed E-state index contributed by atoms with van der Waals surface area (Å²) in [6.07, 6.45) is 1.23. The fourth-order valence-corrected chi connectivity index (χ4v) is 2.76. The van der Waals surface area contributed by atoms with E-state index in [0.717, 1.165) is 16.8 Å². The molecule has 6 nitrogen and oxygen atoms in total. The van der Waals surface area contributed by atoms with Gasteiger partial charge in [0.05, 0.1) is 19.9 Å². The third-order valence-electron chi connectivity index (χ3n) is 3.96. The van der Waals surface area contributed by atoms with Gasteiger partial charge in [-0.25, -0.2) is 0 Å². The molecule has 1 unspecified atom stereocenters. The summed E-state index contributed by atoms with van der Waals surface area (Å²) in [5.74, 6) is 1.38. The van der Waals surface area contributed by atoms with Crippen LogP contribution in [0.5, 0.6) is 11.5 Å². The Morgan fingerprint density at radius 1 is 1.17 bits per heavy atom. The molecular formula is C18H18N2O4. The summed E-state index contributed by atoms with van der Waals surface area (Å²) < 4.78 is 10.6. The zero-order valence-corrected chi connectivity index (χ0v) is 13.6. The van der Waals surface area contributed by atoms with Crippen molar-refractivity contribution in [3.05, 3.63) is 58.5 Å². The van der Waals surface area contributed by atoms with Crippen LogP contribution in [0.4, 0.5) is 5.69 Å². The monoisotopic (exact) mass is 326 g/mol. The van der Waals surface area contributed by atoms with Crippen LogP contribution in [0.1, 0.15) is 17.5 Å². The quantitative estimate of drug-likeness (QED) is 0.756. The summed E-state index contributed by atoms with van der Waals surface area (Å²) in [5.41, 5.74) is 2.92. The molecule has 0 saturated carbocycles. The first kappa shape index (κ1) is 16.0. The number of ether oxygens (including phenoxy) is 2. The molecule has 0 aromatic heterocycles. The van der Waals surface area contributed by atoms with Crippen LogP contribution in [0, 0.1) is 4.91 Å². The molecule has 1 heterocycles. The van der Waals surface area contributed by atoms with Crippen LogP contribution in [0.2, 0.25) is 0 Å². The summed E-state index contributed by atoms with van der Waals surface area (Å²) in [6.45, 7) is 0. The summed E-state index contributed by atoms with van der Waals surface area (Å²) >= 11 is 0. The Bertz CT molecular complexity index is 773. The number of benzene rings is 2. The van der Waals surface area contributed by atoms with Crippen LogP contribution >= 0.6 is 0 Å². The number of rotatable bonds is 6. The number of hydrogen-bond donors (Lipinski definition) is 0. The van der Waals surface area contributed by atoms with E-state index in [1.807, 2.05) is 30.3 Å². The van der Waals surface area contributed by atoms with Crippen LogP contribution in [-0.4, -0.2) is 26.0 Å². The minimum absolute atomic E-state index is 0.0854. The maximum Gasteiger partial charge on any atom is 0.160 e. The molecule has 0 bridgehead atoms. The lowest BCUT2D eigenvalue weighted by Gasteiger charge is -2.12. The molecule has 1 atom stereocenters. The van der Waals surface area contributed by atoms with E-state index in [0.29, 0.717) is 30.0 Å². The Hall–Kier alpha value is -2.89. The van der Waals surface area contributed by atoms with E-state index in [1.165, 1.54) is 0 Å². The predicted molar refractivity (Wildman–Crippen MR) is 91.2 cm³/mol. The minimum Gasteiger partial charge on any atom is -0.493 e. The first-order chi connectivity index (χ1) is 11.7. The van der Waals surface area contributed by atoms with Gasteiger partial charge < -0.3 is 14.3 Å². The Balaban J connectivity index is 1.71. The van der Waals surface area contributed by atoms with Gasteiger partial charge in [-0.3, -0.25) is 0 Å². The van der Waals surface area contributed by atoms with Gasteiger partial charge in [0.1, 0.15) is 11.8 Å². The molecule has 3 rings (SSSR count). The van der Waals surface area contributed by atoms with Crippen molar-refractivity contribution in [1.29, 1.82) is 0 Å². The lowest BCUT2D eigenvalue weighted by molar-refractivity contribution is 0.0859. The van der Waals surface area contributed by atoms with Crippen LogP contribution in [0.15, 0.2) is 52.8 Å². The van der Waals surface area contributed by atoms with Gasteiger partial charge in [-0.15, -0.1) is 4.91 Å². The zero-order chi connectivity index (χ0) is 16.9. The highest BCUT2D eigenvalue weighted by molar-refractivity contribution is 6.05. The molecule has 0 aliphatic carbocycles. The SMILES string of the molecule is COc1ccc(CC2CC(c3ccccc3N=O)=NO2)cc1OC. The van der Waals surface area contributed by atoms with E-state index < -0.39 is 0 Å². The van der Waals surface area contributed by atoms with Gasteiger partial charge in [-0.2, -0.15) is 0 Å². The summed E-state index contributed by atoms with van der Waals surface area (Å²) in [4.78, 5) is 16.4. The van der Waals surface area contributed by atoms with Gasteiger partial charge in [0.2, 0.25) is 0 Å². The fourth-order valence-electron chi connectivity index (χ4n) is 2.76. The van der Waals surface area contributed by atoms with Crippen LogP contribution in [-0.2, 0) is 11.3 Å². The normalized spacial score (nSPS) is 16.2. The second kappa shape index (κ2) is 7.12. The maximum atomic E-state index is 10.9. The van der Waals surface area contributed by atoms with Crippen molar-refractivity contribution in [2.75, 3.05) is 14.2 Å². The molecule has 2 aromatic rings. The van der Waals surface area contributed by atoms with Gasteiger partial charge in [0.15, 0.2) is 11.5 Å². The second-order valence-corrected chi connectivity index (χ2v) is 5.47. The Kier molecular flexibility index (Phi) is 4.74. The third kappa shape index (κ3) is 3.22. The molecule has 6 heteroatoms. The van der Waals surface area contributed by atoms with Crippen molar-refractivity contribution in [2.45, 2.75) is 18.9 Å². The maximum absolute atomic E-state index is 10.9. The zero-order valence-electron chi connectivity index (χ0n) is 13.6. The number of oxime groups is 1. The number of hydrogen-bond acceptors (Lipinski definition) is 6. The molecule has 0 amide bonds. The highest BCUT2D eigenvalue weighted by atomic mass is 16.6. The highest BCUT2D eigenvalue weighted by Gasteiger charge is 2.24. The van der Waals surface area contributed by atoms with Crippen LogP contribution < -0.4 is 9.47 Å². The minimum atomic E-state index is -0.0854. The summed E-state index contributed by atoms with van der Waals surface area (Å²) in [5, 5.41) is 7.18. The Morgan fingerprint density at radius 2 is 1.96 bits per heavy atom. The molecule has 0 saturated heterocycles. The Labute approximate surface area is 140 Å². The van der Waals surface area contributed by atoms with Gasteiger partial charge in [0.25, 0.3) is 0 Å². The predicted octanol–water partition coefficient (Wildman–Crippen LogP) is 3.84. The average molecular weight is 326 g/mol. The van der Waals surface area contributed by atoms with Gasteiger partial charge in [-0.05, 0) is 28.9 Å². The van der Waals surface area contributed by atoms with Gasteiger partial charge >= 0.3 is 0 Å². The van der Waals surface area contributed by atoms with E-state index >= 15 is 0 Å². The van der Waals surface area contributed by atoms with E-state index in [2.05, 4.69) is 10.3 Å². The largest absolute Gasteiger partial charge is 0.493 e. The first-order valence-corrected chi connectivity index (χ1v) is 7.61. The number of nitrogens with zero attached hydrogens (tertiary/aromatic N) is 2. The third-order valence-corrected chi connectivity index (χ3v) is 3.96. The van der Waals surface area contributed by atoms with Gasteiger partial charge in [0, 0.05) is 18.4 Å². The van der Waals surface area contributed by atoms with Crippen molar-refractivity contribution < 1.29 is 14.3 Å². The molecule has 124 valence electrons. The van der Waals surface area contributed by atoms with Gasteiger partial charge in [-0.1, -0.05) is 29.4 Å². The topological polar surface area (TPSA) is 69.5 Å². The number of methoxy groups -OCH3 is 2. The summed E-state index contributed by atoms with van der Waals surface area (Å²) in [7, 11) is 3.22. The van der Waals surface area contributed by atoms with Crippen molar-refractivity contribution in [3.63, 3.8) is 0 Å². The molecule has 24 heavy (non-hydrogen) atoms. The molecule has 0 N–H and O–H groups in total. The van der Waals surface area contributed by atoms with E-state index in [1.54, 1.807) is 26.4 Å². The van der Waals surface area contributed by atoms with Crippen molar-refractivity contribution in [1.82, 2.24) is 0 Å². The number of nitroso groups, excluding NO2 is 1. The van der Waals surface area contributed by atoms with E-state index in [4.69, 9.17) is 14.3 Å². The second-order valence-electron chi connectivity index (χ2n) is 5.47. The van der Waals surface area contributed by atoms with Crippen molar-refractivity contribution in [2.24, 2.45) is 10.3 Å². The molecule has 2 aromatic carbocycles. The van der Waals surface area contributed by atoms with E-state index in [-0.39, 0.29) is 6.10 Å². The standard InChI is InChI=1S/C18H18N2O4/c1-22-17-8-7-12(10-18(17)23-2)9-13-11-16(20-24-13)14-5-3-4-6-15(14)19-21/h3-8,10,13H,9,11H2,1-2H3. The Morgan fingerprint density at radius 3 is 2.71 bits per heavy atom. The molecule has 0 radical (unpaired) electrons. The highest BCUT2D eigenvalue weighted by Crippen LogP contribution is 2.30. The molecule has 0 spiro atoms. The summed E-state index contributed by atoms with van der Waals surface area (Å²) in [6, 6.07) is 12.9. The smallest absolute Gasteiger partial charge is 0.160 e. The fraction of sp³-hybridized carbons (Fsp3) is 0.278. The lowest BCUT2D eigenvalue weighted by atomic mass is 9.99. The van der Waals surface area contributed by atoms with Crippen LogP contribution in [0.25, 0.3) is 0 Å². The van der Waals surface area contributed by atoms with Crippen molar-refractivity contribution >= 4 is 11.4 Å². The van der Waals surface area contributed by atoms with Crippen molar-refractivity contribution in [3.8, 4) is 11.5 Å². The molecular weight excluding hydrogens is 308 g/mol. The van der Waals surface area contributed by atoms with Crippen LogP contribution in [0.3, 0.4) is 0 Å². The van der Waals surface area contributed by atoms with E-state index in [9.17, 15) is 4.91 Å². The molecule has 1 aliphatic heterocycles. The molecule has 1 aliphatic rings. The molecule has 0 fully saturated rings.